The van der Waals surface area contributed by atoms with Crippen LogP contribution in [-0.4, -0.2) is 25.8 Å². The summed E-state index contributed by atoms with van der Waals surface area (Å²) in [6.07, 6.45) is 1.30. The SMILES string of the molecule is CCC(C)CS(=O)(=O)NCC(O)c1ccco1. The monoisotopic (exact) mass is 261 g/mol. The van der Waals surface area contributed by atoms with Gasteiger partial charge in [-0.05, 0) is 18.1 Å². The van der Waals surface area contributed by atoms with E-state index in [-0.39, 0.29) is 18.2 Å². The smallest absolute Gasteiger partial charge is 0.211 e. The van der Waals surface area contributed by atoms with Crippen LogP contribution in [0.3, 0.4) is 0 Å². The molecular formula is C11H19NO4S. The molecule has 0 radical (unpaired) electrons. The van der Waals surface area contributed by atoms with Crippen molar-refractivity contribution in [2.24, 2.45) is 5.92 Å². The van der Waals surface area contributed by atoms with Crippen molar-refractivity contribution >= 4 is 10.0 Å². The number of hydrogen-bond acceptors (Lipinski definition) is 4. The van der Waals surface area contributed by atoms with Gasteiger partial charge in [0.1, 0.15) is 11.9 Å². The second-order valence-electron chi connectivity index (χ2n) is 4.17. The highest BCUT2D eigenvalue weighted by atomic mass is 32.2. The Balaban J connectivity index is 2.45. The minimum atomic E-state index is -3.33. The Hall–Kier alpha value is -0.850. The van der Waals surface area contributed by atoms with Crippen molar-refractivity contribution in [3.8, 4) is 0 Å². The van der Waals surface area contributed by atoms with Crippen molar-refractivity contribution in [2.75, 3.05) is 12.3 Å². The Morgan fingerprint density at radius 1 is 1.53 bits per heavy atom. The van der Waals surface area contributed by atoms with Gasteiger partial charge >= 0.3 is 0 Å². The Kier molecular flexibility index (Phi) is 5.17. The molecule has 5 nitrogen and oxygen atoms in total. The van der Waals surface area contributed by atoms with Gasteiger partial charge in [-0.15, -0.1) is 0 Å². The fourth-order valence-electron chi connectivity index (χ4n) is 1.34. The van der Waals surface area contributed by atoms with Crippen molar-refractivity contribution in [3.05, 3.63) is 24.2 Å². The maximum Gasteiger partial charge on any atom is 0.211 e. The molecule has 0 aliphatic carbocycles. The standard InChI is InChI=1S/C11H19NO4S/c1-3-9(2)8-17(14,15)12-7-10(13)11-5-4-6-16-11/h4-6,9-10,12-13H,3,7-8H2,1-2H3. The molecule has 0 saturated heterocycles. The number of furan rings is 1. The molecule has 2 atom stereocenters. The van der Waals surface area contributed by atoms with Crippen LogP contribution in [-0.2, 0) is 10.0 Å². The van der Waals surface area contributed by atoms with E-state index in [1.54, 1.807) is 12.1 Å². The molecule has 1 aromatic rings. The first-order chi connectivity index (χ1) is 7.94. The van der Waals surface area contributed by atoms with Gasteiger partial charge in [-0.1, -0.05) is 20.3 Å². The Bertz CT molecular complexity index is 413. The molecule has 0 aliphatic heterocycles. The Morgan fingerprint density at radius 2 is 2.24 bits per heavy atom. The van der Waals surface area contributed by atoms with Crippen molar-refractivity contribution in [2.45, 2.75) is 26.4 Å². The maximum absolute atomic E-state index is 11.6. The molecule has 2 N–H and O–H groups in total. The van der Waals surface area contributed by atoms with E-state index in [9.17, 15) is 13.5 Å². The van der Waals surface area contributed by atoms with Gasteiger partial charge in [0.25, 0.3) is 0 Å². The van der Waals surface area contributed by atoms with E-state index < -0.39 is 16.1 Å². The van der Waals surface area contributed by atoms with Gasteiger partial charge in [0, 0.05) is 6.54 Å². The van der Waals surface area contributed by atoms with Crippen LogP contribution in [0.4, 0.5) is 0 Å². The van der Waals surface area contributed by atoms with Gasteiger partial charge < -0.3 is 9.52 Å². The maximum atomic E-state index is 11.6. The van der Waals surface area contributed by atoms with Crippen LogP contribution >= 0.6 is 0 Å². The van der Waals surface area contributed by atoms with E-state index >= 15 is 0 Å². The highest BCUT2D eigenvalue weighted by molar-refractivity contribution is 7.89. The Labute approximate surface area is 102 Å². The van der Waals surface area contributed by atoms with Crippen LogP contribution < -0.4 is 4.72 Å². The zero-order valence-corrected chi connectivity index (χ0v) is 10.9. The summed E-state index contributed by atoms with van der Waals surface area (Å²) in [6, 6.07) is 3.25. The summed E-state index contributed by atoms with van der Waals surface area (Å²) >= 11 is 0. The molecule has 1 rings (SSSR count). The predicted molar refractivity (Wildman–Crippen MR) is 64.9 cm³/mol. The molecule has 0 fully saturated rings. The van der Waals surface area contributed by atoms with Crippen LogP contribution in [0.5, 0.6) is 0 Å². The van der Waals surface area contributed by atoms with Crippen LogP contribution in [0.25, 0.3) is 0 Å². The first-order valence-electron chi connectivity index (χ1n) is 5.63. The van der Waals surface area contributed by atoms with Crippen LogP contribution in [0.1, 0.15) is 32.1 Å². The average molecular weight is 261 g/mol. The molecule has 0 aromatic carbocycles. The van der Waals surface area contributed by atoms with E-state index in [0.717, 1.165) is 6.42 Å². The molecule has 0 bridgehead atoms. The fourth-order valence-corrected chi connectivity index (χ4v) is 2.85. The zero-order chi connectivity index (χ0) is 12.9. The largest absolute Gasteiger partial charge is 0.467 e. The van der Waals surface area contributed by atoms with E-state index in [1.807, 2.05) is 13.8 Å². The summed E-state index contributed by atoms with van der Waals surface area (Å²) in [5.41, 5.74) is 0. The second kappa shape index (κ2) is 6.18. The Morgan fingerprint density at radius 3 is 2.76 bits per heavy atom. The molecule has 1 heterocycles. The number of hydrogen-bond donors (Lipinski definition) is 2. The van der Waals surface area contributed by atoms with E-state index in [2.05, 4.69) is 4.72 Å². The average Bonchev–Trinajstić information content (AvgIpc) is 2.78. The lowest BCUT2D eigenvalue weighted by Crippen LogP contribution is -2.32. The summed E-state index contributed by atoms with van der Waals surface area (Å²) in [6.45, 7) is 3.76. The summed E-state index contributed by atoms with van der Waals surface area (Å²) in [5.74, 6) is 0.540. The minimum absolute atomic E-state index is 0.0632. The molecule has 2 unspecified atom stereocenters. The second-order valence-corrected chi connectivity index (χ2v) is 6.03. The van der Waals surface area contributed by atoms with E-state index in [4.69, 9.17) is 4.42 Å². The van der Waals surface area contributed by atoms with E-state index in [0.29, 0.717) is 5.76 Å². The van der Waals surface area contributed by atoms with Crippen LogP contribution in [0, 0.1) is 5.92 Å². The third kappa shape index (κ3) is 4.89. The predicted octanol–water partition coefficient (Wildman–Crippen LogP) is 1.28. The molecule has 98 valence electrons. The number of sulfonamides is 1. The van der Waals surface area contributed by atoms with Gasteiger partial charge in [-0.2, -0.15) is 0 Å². The third-order valence-corrected chi connectivity index (χ3v) is 4.18. The zero-order valence-electron chi connectivity index (χ0n) is 10.1. The first-order valence-corrected chi connectivity index (χ1v) is 7.28. The van der Waals surface area contributed by atoms with Crippen LogP contribution in [0.15, 0.2) is 22.8 Å². The van der Waals surface area contributed by atoms with Crippen LogP contribution in [0.2, 0.25) is 0 Å². The molecule has 0 spiro atoms. The normalized spacial score (nSPS) is 15.7. The van der Waals surface area contributed by atoms with Gasteiger partial charge in [-0.3, -0.25) is 0 Å². The quantitative estimate of drug-likeness (QED) is 0.775. The summed E-state index contributed by atoms with van der Waals surface area (Å²) in [7, 11) is -3.33. The molecule has 17 heavy (non-hydrogen) atoms. The highest BCUT2D eigenvalue weighted by Gasteiger charge is 2.17. The molecular weight excluding hydrogens is 242 g/mol. The lowest BCUT2D eigenvalue weighted by molar-refractivity contribution is 0.154. The fraction of sp³-hybridized carbons (Fsp3) is 0.636. The van der Waals surface area contributed by atoms with Crippen molar-refractivity contribution in [1.29, 1.82) is 0 Å². The minimum Gasteiger partial charge on any atom is -0.467 e. The topological polar surface area (TPSA) is 79.5 Å². The van der Waals surface area contributed by atoms with Crippen molar-refractivity contribution in [3.63, 3.8) is 0 Å². The summed E-state index contributed by atoms with van der Waals surface area (Å²) in [5, 5.41) is 9.64. The van der Waals surface area contributed by atoms with Gasteiger partial charge in [0.05, 0.1) is 12.0 Å². The lowest BCUT2D eigenvalue weighted by Gasteiger charge is -2.12. The first kappa shape index (κ1) is 14.2. The lowest BCUT2D eigenvalue weighted by atomic mass is 10.2. The number of aliphatic hydroxyl groups is 1. The highest BCUT2D eigenvalue weighted by Crippen LogP contribution is 2.12. The van der Waals surface area contributed by atoms with Gasteiger partial charge in [0.2, 0.25) is 10.0 Å². The van der Waals surface area contributed by atoms with Gasteiger partial charge in [0.15, 0.2) is 0 Å². The van der Waals surface area contributed by atoms with Crippen molar-refractivity contribution < 1.29 is 17.9 Å². The summed E-state index contributed by atoms with van der Waals surface area (Å²) in [4.78, 5) is 0. The number of rotatable bonds is 7. The summed E-state index contributed by atoms with van der Waals surface area (Å²) < 4.78 is 30.6. The number of nitrogens with one attached hydrogen (secondary N) is 1. The van der Waals surface area contributed by atoms with Crippen molar-refractivity contribution in [1.82, 2.24) is 4.72 Å². The molecule has 0 saturated carbocycles. The molecule has 0 aliphatic rings. The molecule has 0 amide bonds. The number of aliphatic hydroxyl groups excluding tert-OH is 1. The molecule has 1 aromatic heterocycles. The third-order valence-electron chi connectivity index (χ3n) is 2.57. The van der Waals surface area contributed by atoms with E-state index in [1.165, 1.54) is 6.26 Å². The molecule has 6 heteroatoms. The van der Waals surface area contributed by atoms with Gasteiger partial charge in [-0.25, -0.2) is 13.1 Å².